The predicted octanol–water partition coefficient (Wildman–Crippen LogP) is 5.99. The maximum absolute atomic E-state index is 16.0. The Morgan fingerprint density at radius 3 is 2.64 bits per heavy atom. The number of pyridine rings is 1. The van der Waals surface area contributed by atoms with Crippen molar-refractivity contribution in [1.29, 1.82) is 5.26 Å². The van der Waals surface area contributed by atoms with E-state index in [9.17, 15) is 14.4 Å². The third-order valence-electron chi connectivity index (χ3n) is 6.25. The molecule has 0 radical (unpaired) electrons. The molecule has 0 bridgehead atoms. The van der Waals surface area contributed by atoms with Crippen molar-refractivity contribution in [3.05, 3.63) is 58.7 Å². The van der Waals surface area contributed by atoms with E-state index in [-0.39, 0.29) is 35.1 Å². The van der Waals surface area contributed by atoms with Crippen molar-refractivity contribution in [3.63, 3.8) is 0 Å². The number of amidine groups is 1. The SMILES string of the molecule is C=Nc1c(/C(=N\C)N2CCN(C(=O)OC(C)(C)C)C(C#N)C2)cnc(-c2cccc3ccc(F)c(Cl)c23)c1F. The van der Waals surface area contributed by atoms with Crippen LogP contribution in [0.15, 0.2) is 46.5 Å². The van der Waals surface area contributed by atoms with Gasteiger partial charge in [-0.05, 0) is 38.9 Å². The minimum Gasteiger partial charge on any atom is -0.444 e. The molecule has 2 aromatic carbocycles. The van der Waals surface area contributed by atoms with Crippen molar-refractivity contribution >= 4 is 46.7 Å². The second kappa shape index (κ2) is 10.9. The summed E-state index contributed by atoms with van der Waals surface area (Å²) in [5.74, 6) is -1.07. The lowest BCUT2D eigenvalue weighted by atomic mass is 9.99. The van der Waals surface area contributed by atoms with Crippen LogP contribution < -0.4 is 0 Å². The Morgan fingerprint density at radius 1 is 1.26 bits per heavy atom. The highest BCUT2D eigenvalue weighted by Crippen LogP contribution is 2.38. The number of halogens is 3. The van der Waals surface area contributed by atoms with Crippen LogP contribution >= 0.6 is 11.6 Å². The quantitative estimate of drug-likeness (QED) is 0.294. The lowest BCUT2D eigenvalue weighted by Gasteiger charge is -2.40. The van der Waals surface area contributed by atoms with Crippen molar-refractivity contribution in [3.8, 4) is 17.3 Å². The van der Waals surface area contributed by atoms with Crippen LogP contribution in [0.25, 0.3) is 22.0 Å². The minimum absolute atomic E-state index is 0.0700. The van der Waals surface area contributed by atoms with Gasteiger partial charge in [0.2, 0.25) is 0 Å². The topological polar surface area (TPSA) is 94.2 Å². The average molecular weight is 553 g/mol. The number of aliphatic imine (C=N–C) groups is 2. The van der Waals surface area contributed by atoms with Crippen molar-refractivity contribution in [2.24, 2.45) is 9.98 Å². The zero-order valence-corrected chi connectivity index (χ0v) is 22.8. The van der Waals surface area contributed by atoms with Crippen molar-refractivity contribution in [2.45, 2.75) is 32.4 Å². The van der Waals surface area contributed by atoms with Gasteiger partial charge in [0.25, 0.3) is 0 Å². The molecule has 1 fully saturated rings. The summed E-state index contributed by atoms with van der Waals surface area (Å²) in [4.78, 5) is 28.4. The Labute approximate surface area is 230 Å². The Morgan fingerprint density at radius 2 is 2.00 bits per heavy atom. The molecular formula is C28H27ClF2N6O2. The fraction of sp³-hybridized carbons (Fsp3) is 0.321. The summed E-state index contributed by atoms with van der Waals surface area (Å²) in [6.45, 7) is 9.41. The number of piperazine rings is 1. The standard InChI is InChI=1S/C28H27ClF2N6O2/c1-28(2,3)39-27(38)37-12-11-36(15-17(37)13-32)26(34-5)19-14-35-25(23(31)24(19)33-4)18-8-6-7-16-9-10-20(30)22(29)21(16)18/h6-10,14,17H,4,11-12,15H2,1-3,5H3/b34-26+. The number of carbonyl (C=O) groups excluding carboxylic acids is 1. The van der Waals surface area contributed by atoms with Gasteiger partial charge in [-0.1, -0.05) is 35.9 Å². The summed E-state index contributed by atoms with van der Waals surface area (Å²) in [5.41, 5.74) is -0.322. The molecule has 0 saturated carbocycles. The number of hydrogen-bond donors (Lipinski definition) is 0. The first-order valence-corrected chi connectivity index (χ1v) is 12.5. The number of hydrogen-bond acceptors (Lipinski definition) is 6. The maximum atomic E-state index is 16.0. The van der Waals surface area contributed by atoms with Crippen LogP contribution in [0.4, 0.5) is 19.3 Å². The van der Waals surface area contributed by atoms with Crippen LogP contribution in [0.5, 0.6) is 0 Å². The summed E-state index contributed by atoms with van der Waals surface area (Å²) in [5, 5.41) is 10.6. The minimum atomic E-state index is -0.824. The molecule has 0 aliphatic carbocycles. The molecule has 1 aliphatic heterocycles. The van der Waals surface area contributed by atoms with E-state index in [4.69, 9.17) is 16.3 Å². The number of fused-ring (bicyclic) bond motifs is 1. The normalized spacial score (nSPS) is 16.3. The first-order chi connectivity index (χ1) is 18.5. The number of ether oxygens (including phenoxy) is 1. The monoisotopic (exact) mass is 552 g/mol. The number of benzene rings is 2. The fourth-order valence-electron chi connectivity index (χ4n) is 4.55. The number of amides is 1. The molecule has 202 valence electrons. The Bertz CT molecular complexity index is 1530. The molecule has 4 rings (SSSR count). The molecule has 0 spiro atoms. The zero-order valence-electron chi connectivity index (χ0n) is 22.0. The van der Waals surface area contributed by atoms with Gasteiger partial charge in [0.1, 0.15) is 34.7 Å². The number of nitrogens with zero attached hydrogens (tertiary/aromatic N) is 6. The van der Waals surface area contributed by atoms with E-state index in [2.05, 4.69) is 27.8 Å². The summed E-state index contributed by atoms with van der Waals surface area (Å²) in [7, 11) is 1.53. The molecule has 1 atom stereocenters. The lowest BCUT2D eigenvalue weighted by Crippen LogP contribution is -2.57. The van der Waals surface area contributed by atoms with E-state index in [0.717, 1.165) is 0 Å². The van der Waals surface area contributed by atoms with Gasteiger partial charge < -0.3 is 9.64 Å². The maximum Gasteiger partial charge on any atom is 0.411 e. The van der Waals surface area contributed by atoms with E-state index in [1.165, 1.54) is 24.2 Å². The molecule has 1 aliphatic rings. The molecule has 2 heterocycles. The molecule has 1 unspecified atom stereocenters. The molecule has 1 aromatic heterocycles. The molecular weight excluding hydrogens is 526 g/mol. The van der Waals surface area contributed by atoms with Crippen molar-refractivity contribution < 1.29 is 18.3 Å². The van der Waals surface area contributed by atoms with Crippen LogP contribution in [0.1, 0.15) is 26.3 Å². The van der Waals surface area contributed by atoms with Gasteiger partial charge in [-0.2, -0.15) is 5.26 Å². The summed E-state index contributed by atoms with van der Waals surface area (Å²) >= 11 is 6.26. The summed E-state index contributed by atoms with van der Waals surface area (Å²) < 4.78 is 35.7. The van der Waals surface area contributed by atoms with Gasteiger partial charge in [0.15, 0.2) is 5.82 Å². The Hall–Kier alpha value is -4.10. The van der Waals surface area contributed by atoms with E-state index in [0.29, 0.717) is 28.7 Å². The zero-order chi connectivity index (χ0) is 28.5. The predicted molar refractivity (Wildman–Crippen MR) is 148 cm³/mol. The number of rotatable bonds is 3. The molecule has 8 nitrogen and oxygen atoms in total. The lowest BCUT2D eigenvalue weighted by molar-refractivity contribution is 0.0119. The van der Waals surface area contributed by atoms with Crippen LogP contribution in [0.2, 0.25) is 5.02 Å². The summed E-state index contributed by atoms with van der Waals surface area (Å²) in [6, 6.07) is 9.17. The largest absolute Gasteiger partial charge is 0.444 e. The highest BCUT2D eigenvalue weighted by molar-refractivity contribution is 6.36. The number of aromatic nitrogens is 1. The highest BCUT2D eigenvalue weighted by atomic mass is 35.5. The van der Waals surface area contributed by atoms with Crippen LogP contribution in [0, 0.1) is 23.0 Å². The van der Waals surface area contributed by atoms with Crippen molar-refractivity contribution in [1.82, 2.24) is 14.8 Å². The smallest absolute Gasteiger partial charge is 0.411 e. The molecule has 1 saturated heterocycles. The van der Waals surface area contributed by atoms with Crippen LogP contribution in [-0.2, 0) is 4.74 Å². The van der Waals surface area contributed by atoms with E-state index >= 15 is 4.39 Å². The van der Waals surface area contributed by atoms with Gasteiger partial charge in [0, 0.05) is 37.3 Å². The molecule has 39 heavy (non-hydrogen) atoms. The van der Waals surface area contributed by atoms with E-state index in [1.807, 2.05) is 0 Å². The summed E-state index contributed by atoms with van der Waals surface area (Å²) in [6.07, 6.45) is 0.831. The Balaban J connectivity index is 1.71. The Kier molecular flexibility index (Phi) is 7.84. The molecule has 11 heteroatoms. The second-order valence-corrected chi connectivity index (χ2v) is 10.3. The molecule has 0 N–H and O–H groups in total. The van der Waals surface area contributed by atoms with E-state index < -0.39 is 29.4 Å². The average Bonchev–Trinajstić information content (AvgIpc) is 2.90. The van der Waals surface area contributed by atoms with Gasteiger partial charge in [-0.25, -0.2) is 13.6 Å². The fourth-order valence-corrected chi connectivity index (χ4v) is 4.82. The third-order valence-corrected chi connectivity index (χ3v) is 6.62. The number of carbonyl (C=O) groups is 1. The third kappa shape index (κ3) is 5.40. The molecule has 3 aromatic rings. The van der Waals surface area contributed by atoms with Crippen LogP contribution in [0.3, 0.4) is 0 Å². The first kappa shape index (κ1) is 27.9. The van der Waals surface area contributed by atoms with Gasteiger partial charge in [-0.3, -0.25) is 19.9 Å². The first-order valence-electron chi connectivity index (χ1n) is 12.1. The van der Waals surface area contributed by atoms with E-state index in [1.54, 1.807) is 49.9 Å². The molecule has 1 amide bonds. The van der Waals surface area contributed by atoms with Gasteiger partial charge in [-0.15, -0.1) is 0 Å². The van der Waals surface area contributed by atoms with Gasteiger partial charge >= 0.3 is 6.09 Å². The van der Waals surface area contributed by atoms with Gasteiger partial charge in [0.05, 0.1) is 23.2 Å². The van der Waals surface area contributed by atoms with Crippen molar-refractivity contribution in [2.75, 3.05) is 26.7 Å². The van der Waals surface area contributed by atoms with Crippen LogP contribution in [-0.4, -0.2) is 71.8 Å². The number of nitriles is 1. The highest BCUT2D eigenvalue weighted by Gasteiger charge is 2.35. The second-order valence-electron chi connectivity index (χ2n) is 9.92.